The van der Waals surface area contributed by atoms with Gasteiger partial charge in [-0.15, -0.1) is 0 Å². The van der Waals surface area contributed by atoms with E-state index in [-0.39, 0.29) is 0 Å². The first-order valence-electron chi connectivity index (χ1n) is 8.30. The molecule has 1 N–H and O–H groups in total. The van der Waals surface area contributed by atoms with Crippen LogP contribution < -0.4 is 5.32 Å². The third-order valence-electron chi connectivity index (χ3n) is 5.34. The maximum atomic E-state index is 11.8. The fourth-order valence-corrected chi connectivity index (χ4v) is 6.26. The fourth-order valence-electron chi connectivity index (χ4n) is 4.54. The van der Waals surface area contributed by atoms with Crippen LogP contribution in [0.4, 0.5) is 0 Å². The molecule has 2 bridgehead atoms. The summed E-state index contributed by atoms with van der Waals surface area (Å²) < 4.78 is 23.5. The van der Waals surface area contributed by atoms with Crippen LogP contribution in [0.5, 0.6) is 0 Å². The molecule has 20 heavy (non-hydrogen) atoms. The summed E-state index contributed by atoms with van der Waals surface area (Å²) in [6.45, 7) is 3.33. The van der Waals surface area contributed by atoms with E-state index in [4.69, 9.17) is 0 Å². The number of hydrogen-bond acceptors (Lipinski definition) is 4. The van der Waals surface area contributed by atoms with Crippen molar-refractivity contribution < 1.29 is 8.42 Å². The Labute approximate surface area is 123 Å². The van der Waals surface area contributed by atoms with Gasteiger partial charge in [-0.05, 0) is 45.1 Å². The van der Waals surface area contributed by atoms with Gasteiger partial charge in [0, 0.05) is 24.2 Å². The summed E-state index contributed by atoms with van der Waals surface area (Å²) in [6, 6.07) is 2.20. The lowest BCUT2D eigenvalue weighted by molar-refractivity contribution is -0.00301. The molecule has 116 valence electrons. The molecule has 0 aliphatic carbocycles. The molecule has 3 heterocycles. The van der Waals surface area contributed by atoms with E-state index >= 15 is 0 Å². The van der Waals surface area contributed by atoms with Gasteiger partial charge in [0.1, 0.15) is 0 Å². The molecule has 4 nitrogen and oxygen atoms in total. The van der Waals surface area contributed by atoms with Crippen molar-refractivity contribution >= 4 is 9.84 Å². The normalized spacial score (nSPS) is 40.9. The van der Waals surface area contributed by atoms with Crippen LogP contribution in [0.2, 0.25) is 0 Å². The summed E-state index contributed by atoms with van der Waals surface area (Å²) >= 11 is 0. The minimum absolute atomic E-state index is 0.308. The predicted octanol–water partition coefficient (Wildman–Crippen LogP) is 1.56. The van der Waals surface area contributed by atoms with Gasteiger partial charge in [0.05, 0.1) is 11.5 Å². The van der Waals surface area contributed by atoms with Crippen LogP contribution in [0.3, 0.4) is 0 Å². The van der Waals surface area contributed by atoms with Crippen LogP contribution in [-0.2, 0) is 9.84 Å². The molecule has 0 spiro atoms. The molecule has 0 radical (unpaired) electrons. The molecule has 0 aromatic rings. The first-order chi connectivity index (χ1) is 9.59. The standard InChI is InChI=1S/C15H28N2O2S/c1-2-7-16-12-9-13-4-3-5-14(10-12)17(13)15-6-8-20(18,19)11-15/h12-16H,2-11H2,1H3. The van der Waals surface area contributed by atoms with Crippen molar-refractivity contribution in [1.82, 2.24) is 10.2 Å². The van der Waals surface area contributed by atoms with Crippen molar-refractivity contribution in [1.29, 1.82) is 0 Å². The Morgan fingerprint density at radius 1 is 1.10 bits per heavy atom. The Bertz CT molecular complexity index is 423. The minimum Gasteiger partial charge on any atom is -0.314 e. The van der Waals surface area contributed by atoms with Crippen molar-refractivity contribution in [2.75, 3.05) is 18.1 Å². The maximum Gasteiger partial charge on any atom is 0.151 e. The Kier molecular flexibility index (Phi) is 4.39. The highest BCUT2D eigenvalue weighted by Crippen LogP contribution is 2.37. The Balaban J connectivity index is 1.67. The van der Waals surface area contributed by atoms with E-state index in [2.05, 4.69) is 17.1 Å². The maximum absolute atomic E-state index is 11.8. The van der Waals surface area contributed by atoms with Crippen molar-refractivity contribution in [2.24, 2.45) is 0 Å². The summed E-state index contributed by atoms with van der Waals surface area (Å²) in [5, 5.41) is 3.68. The highest BCUT2D eigenvalue weighted by Gasteiger charge is 2.44. The second-order valence-electron chi connectivity index (χ2n) is 6.87. The first-order valence-corrected chi connectivity index (χ1v) is 10.1. The largest absolute Gasteiger partial charge is 0.314 e. The average Bonchev–Trinajstić information content (AvgIpc) is 2.75. The zero-order valence-electron chi connectivity index (χ0n) is 12.6. The van der Waals surface area contributed by atoms with Crippen LogP contribution in [-0.4, -0.2) is 55.5 Å². The molecule has 0 amide bonds. The third kappa shape index (κ3) is 3.04. The molecule has 3 rings (SSSR count). The lowest BCUT2D eigenvalue weighted by atomic mass is 9.80. The Morgan fingerprint density at radius 2 is 1.80 bits per heavy atom. The quantitative estimate of drug-likeness (QED) is 0.856. The molecule has 5 heteroatoms. The van der Waals surface area contributed by atoms with Crippen molar-refractivity contribution in [3.63, 3.8) is 0 Å². The molecule has 3 aliphatic heterocycles. The van der Waals surface area contributed by atoms with E-state index in [0.717, 1.165) is 13.0 Å². The Hall–Kier alpha value is -0.130. The molecular formula is C15H28N2O2S. The van der Waals surface area contributed by atoms with Gasteiger partial charge in [-0.1, -0.05) is 13.3 Å². The SMILES string of the molecule is CCCNC1CC2CCCC(C1)N2C1CCS(=O)(=O)C1. The molecule has 3 saturated heterocycles. The summed E-state index contributed by atoms with van der Waals surface area (Å²) in [4.78, 5) is 2.61. The molecule has 0 aromatic carbocycles. The smallest absolute Gasteiger partial charge is 0.151 e. The molecule has 0 aromatic heterocycles. The van der Waals surface area contributed by atoms with E-state index in [1.807, 2.05) is 0 Å². The molecule has 3 atom stereocenters. The summed E-state index contributed by atoms with van der Waals surface area (Å²) in [5.74, 6) is 0.818. The number of nitrogens with zero attached hydrogens (tertiary/aromatic N) is 1. The van der Waals surface area contributed by atoms with Gasteiger partial charge in [0.2, 0.25) is 0 Å². The van der Waals surface area contributed by atoms with Gasteiger partial charge in [-0.2, -0.15) is 0 Å². The number of sulfone groups is 1. The monoisotopic (exact) mass is 300 g/mol. The Morgan fingerprint density at radius 3 is 2.35 bits per heavy atom. The van der Waals surface area contributed by atoms with Gasteiger partial charge in [0.15, 0.2) is 9.84 Å². The lowest BCUT2D eigenvalue weighted by Gasteiger charge is -2.51. The van der Waals surface area contributed by atoms with Crippen LogP contribution in [0.25, 0.3) is 0 Å². The van der Waals surface area contributed by atoms with Crippen LogP contribution in [0.15, 0.2) is 0 Å². The number of rotatable bonds is 4. The van der Waals surface area contributed by atoms with Crippen LogP contribution >= 0.6 is 0 Å². The van der Waals surface area contributed by atoms with Crippen molar-refractivity contribution in [3.8, 4) is 0 Å². The van der Waals surface area contributed by atoms with Crippen molar-refractivity contribution in [2.45, 2.75) is 76.0 Å². The average molecular weight is 300 g/mol. The summed E-state index contributed by atoms with van der Waals surface area (Å²) in [5.41, 5.74) is 0. The lowest BCUT2D eigenvalue weighted by Crippen LogP contribution is -2.59. The summed E-state index contributed by atoms with van der Waals surface area (Å²) in [7, 11) is -2.76. The molecular weight excluding hydrogens is 272 g/mol. The third-order valence-corrected chi connectivity index (χ3v) is 7.09. The first kappa shape index (κ1) is 14.8. The van der Waals surface area contributed by atoms with E-state index in [1.54, 1.807) is 0 Å². The highest BCUT2D eigenvalue weighted by atomic mass is 32.2. The number of hydrogen-bond donors (Lipinski definition) is 1. The molecule has 3 aliphatic rings. The molecule has 3 fully saturated rings. The second-order valence-corrected chi connectivity index (χ2v) is 9.09. The van der Waals surface area contributed by atoms with E-state index in [1.165, 1.54) is 38.5 Å². The highest BCUT2D eigenvalue weighted by molar-refractivity contribution is 7.91. The second kappa shape index (κ2) is 5.93. The zero-order chi connectivity index (χ0) is 14.2. The van der Waals surface area contributed by atoms with Gasteiger partial charge in [0.25, 0.3) is 0 Å². The predicted molar refractivity (Wildman–Crippen MR) is 81.6 cm³/mol. The minimum atomic E-state index is -2.76. The summed E-state index contributed by atoms with van der Waals surface area (Å²) in [6.07, 6.45) is 8.33. The van der Waals surface area contributed by atoms with E-state index in [0.29, 0.717) is 35.7 Å². The number of fused-ring (bicyclic) bond motifs is 2. The number of nitrogens with one attached hydrogen (secondary N) is 1. The van der Waals surface area contributed by atoms with E-state index < -0.39 is 9.84 Å². The van der Waals surface area contributed by atoms with Crippen LogP contribution in [0, 0.1) is 0 Å². The van der Waals surface area contributed by atoms with Gasteiger partial charge >= 0.3 is 0 Å². The molecule has 3 unspecified atom stereocenters. The van der Waals surface area contributed by atoms with Crippen LogP contribution in [0.1, 0.15) is 51.9 Å². The van der Waals surface area contributed by atoms with Gasteiger partial charge in [-0.3, -0.25) is 4.90 Å². The topological polar surface area (TPSA) is 49.4 Å². The van der Waals surface area contributed by atoms with Gasteiger partial charge < -0.3 is 5.32 Å². The zero-order valence-corrected chi connectivity index (χ0v) is 13.4. The number of piperidine rings is 2. The van der Waals surface area contributed by atoms with Crippen molar-refractivity contribution in [3.05, 3.63) is 0 Å². The fraction of sp³-hybridized carbons (Fsp3) is 1.00. The van der Waals surface area contributed by atoms with Gasteiger partial charge in [-0.25, -0.2) is 8.42 Å². The van der Waals surface area contributed by atoms with E-state index in [9.17, 15) is 8.42 Å². The molecule has 0 saturated carbocycles.